The Bertz CT molecular complexity index is 780. The highest BCUT2D eigenvalue weighted by Crippen LogP contribution is 2.14. The molecule has 0 radical (unpaired) electrons. The number of rotatable bonds is 5. The standard InChI is InChI=1S/C21H27N3O6/c1-2-18(25)16-3-5-17(6-4-16)30-15-19(26)22-7-9-23(10-8-22)20(27)21(28)24-11-13-29-14-12-24/h3-6H,2,7-15H2,1H3. The molecule has 0 unspecified atom stereocenters. The van der Waals surface area contributed by atoms with E-state index in [0.717, 1.165) is 0 Å². The fourth-order valence-corrected chi connectivity index (χ4v) is 3.37. The number of hydrogen-bond donors (Lipinski definition) is 0. The Hall–Kier alpha value is -2.94. The van der Waals surface area contributed by atoms with Gasteiger partial charge in [0.2, 0.25) is 0 Å². The van der Waals surface area contributed by atoms with Crippen LogP contribution in [-0.4, -0.2) is 97.3 Å². The number of ketones is 1. The van der Waals surface area contributed by atoms with E-state index in [-0.39, 0.29) is 18.3 Å². The van der Waals surface area contributed by atoms with Crippen LogP contribution in [0, 0.1) is 0 Å². The molecular formula is C21H27N3O6. The first-order valence-corrected chi connectivity index (χ1v) is 10.2. The summed E-state index contributed by atoms with van der Waals surface area (Å²) in [5, 5.41) is 0. The van der Waals surface area contributed by atoms with Crippen molar-refractivity contribution in [2.24, 2.45) is 0 Å². The van der Waals surface area contributed by atoms with Crippen molar-refractivity contribution in [2.45, 2.75) is 13.3 Å². The van der Waals surface area contributed by atoms with Gasteiger partial charge in [-0.15, -0.1) is 0 Å². The van der Waals surface area contributed by atoms with Gasteiger partial charge in [0, 0.05) is 51.3 Å². The lowest BCUT2D eigenvalue weighted by molar-refractivity contribution is -0.155. The number of carbonyl (C=O) groups excluding carboxylic acids is 4. The van der Waals surface area contributed by atoms with Gasteiger partial charge in [0.1, 0.15) is 5.75 Å². The zero-order chi connectivity index (χ0) is 21.5. The number of morpholine rings is 1. The van der Waals surface area contributed by atoms with Gasteiger partial charge >= 0.3 is 11.8 Å². The number of amides is 3. The van der Waals surface area contributed by atoms with Crippen LogP contribution in [0.25, 0.3) is 0 Å². The highest BCUT2D eigenvalue weighted by Gasteiger charge is 2.31. The van der Waals surface area contributed by atoms with Gasteiger partial charge in [0.15, 0.2) is 12.4 Å². The first kappa shape index (κ1) is 21.8. The molecule has 0 spiro atoms. The van der Waals surface area contributed by atoms with E-state index in [4.69, 9.17) is 9.47 Å². The lowest BCUT2D eigenvalue weighted by atomic mass is 10.1. The molecule has 0 saturated carbocycles. The second-order valence-electron chi connectivity index (χ2n) is 7.17. The molecule has 9 nitrogen and oxygen atoms in total. The molecular weight excluding hydrogens is 390 g/mol. The summed E-state index contributed by atoms with van der Waals surface area (Å²) in [5.41, 5.74) is 0.614. The Balaban J connectivity index is 1.43. The predicted octanol–water partition coefficient (Wildman–Crippen LogP) is 0.188. The summed E-state index contributed by atoms with van der Waals surface area (Å²) in [4.78, 5) is 53.4. The minimum Gasteiger partial charge on any atom is -0.484 e. The molecule has 0 aliphatic carbocycles. The normalized spacial score (nSPS) is 16.9. The van der Waals surface area contributed by atoms with Crippen molar-refractivity contribution < 1.29 is 28.7 Å². The van der Waals surface area contributed by atoms with E-state index < -0.39 is 11.8 Å². The van der Waals surface area contributed by atoms with E-state index in [2.05, 4.69) is 0 Å². The smallest absolute Gasteiger partial charge is 0.312 e. The van der Waals surface area contributed by atoms with Crippen molar-refractivity contribution in [1.82, 2.24) is 14.7 Å². The van der Waals surface area contributed by atoms with E-state index >= 15 is 0 Å². The minimum absolute atomic E-state index is 0.0529. The molecule has 1 aromatic rings. The number of benzene rings is 1. The molecule has 30 heavy (non-hydrogen) atoms. The van der Waals surface area contributed by atoms with Crippen molar-refractivity contribution in [3.8, 4) is 5.75 Å². The molecule has 1 aromatic carbocycles. The predicted molar refractivity (Wildman–Crippen MR) is 107 cm³/mol. The quantitative estimate of drug-likeness (QED) is 0.501. The minimum atomic E-state index is -0.526. The number of ether oxygens (including phenoxy) is 2. The van der Waals surface area contributed by atoms with Crippen molar-refractivity contribution in [3.63, 3.8) is 0 Å². The Morgan fingerprint density at radius 1 is 0.833 bits per heavy atom. The van der Waals surface area contributed by atoms with Gasteiger partial charge in [-0.3, -0.25) is 19.2 Å². The molecule has 0 aromatic heterocycles. The van der Waals surface area contributed by atoms with Crippen LogP contribution in [0.3, 0.4) is 0 Å². The lowest BCUT2D eigenvalue weighted by Crippen LogP contribution is -2.56. The molecule has 0 atom stereocenters. The zero-order valence-electron chi connectivity index (χ0n) is 17.2. The number of nitrogens with zero attached hydrogens (tertiary/aromatic N) is 3. The molecule has 9 heteroatoms. The van der Waals surface area contributed by atoms with E-state index in [1.807, 2.05) is 0 Å². The third-order valence-electron chi connectivity index (χ3n) is 5.26. The van der Waals surface area contributed by atoms with Gasteiger partial charge in [0.25, 0.3) is 5.91 Å². The van der Waals surface area contributed by atoms with Crippen LogP contribution >= 0.6 is 0 Å². The van der Waals surface area contributed by atoms with Gasteiger partial charge in [-0.1, -0.05) is 6.92 Å². The van der Waals surface area contributed by atoms with Gasteiger partial charge in [-0.2, -0.15) is 0 Å². The van der Waals surface area contributed by atoms with E-state index in [9.17, 15) is 19.2 Å². The number of Topliss-reactive ketones (excluding diaryl/α,β-unsaturated/α-hetero) is 1. The third-order valence-corrected chi connectivity index (χ3v) is 5.26. The topological polar surface area (TPSA) is 96.5 Å². The molecule has 3 rings (SSSR count). The molecule has 162 valence electrons. The molecule has 2 heterocycles. The summed E-state index contributed by atoms with van der Waals surface area (Å²) in [7, 11) is 0. The molecule has 2 saturated heterocycles. The number of piperazine rings is 1. The molecule has 0 bridgehead atoms. The summed E-state index contributed by atoms with van der Waals surface area (Å²) >= 11 is 0. The maximum absolute atomic E-state index is 12.4. The highest BCUT2D eigenvalue weighted by atomic mass is 16.5. The van der Waals surface area contributed by atoms with E-state index in [0.29, 0.717) is 70.2 Å². The van der Waals surface area contributed by atoms with Crippen LogP contribution in [0.1, 0.15) is 23.7 Å². The number of hydrogen-bond acceptors (Lipinski definition) is 6. The van der Waals surface area contributed by atoms with Crippen molar-refractivity contribution in [1.29, 1.82) is 0 Å². The van der Waals surface area contributed by atoms with E-state index in [1.165, 1.54) is 9.80 Å². The van der Waals surface area contributed by atoms with Crippen LogP contribution in [0.2, 0.25) is 0 Å². The first-order valence-electron chi connectivity index (χ1n) is 10.2. The lowest BCUT2D eigenvalue weighted by Gasteiger charge is -2.35. The fraction of sp³-hybridized carbons (Fsp3) is 0.524. The number of carbonyl (C=O) groups is 4. The summed E-state index contributed by atoms with van der Waals surface area (Å²) in [6, 6.07) is 6.71. The van der Waals surface area contributed by atoms with Gasteiger partial charge in [-0.25, -0.2) is 0 Å². The summed E-state index contributed by atoms with van der Waals surface area (Å²) in [5.74, 6) is -0.651. The monoisotopic (exact) mass is 417 g/mol. The Labute approximate surface area is 175 Å². The SMILES string of the molecule is CCC(=O)c1ccc(OCC(=O)N2CCN(C(=O)C(=O)N3CCOCC3)CC2)cc1. The first-order chi connectivity index (χ1) is 14.5. The van der Waals surface area contributed by atoms with E-state index in [1.54, 1.807) is 36.1 Å². The maximum atomic E-state index is 12.4. The Morgan fingerprint density at radius 3 is 1.93 bits per heavy atom. The van der Waals surface area contributed by atoms with Crippen LogP contribution in [0.15, 0.2) is 24.3 Å². The molecule has 2 fully saturated rings. The van der Waals surface area contributed by atoms with Crippen molar-refractivity contribution in [3.05, 3.63) is 29.8 Å². The zero-order valence-corrected chi connectivity index (χ0v) is 17.2. The maximum Gasteiger partial charge on any atom is 0.312 e. The molecule has 2 aliphatic heterocycles. The third kappa shape index (κ3) is 5.35. The molecule has 2 aliphatic rings. The second kappa shape index (κ2) is 10.2. The summed E-state index contributed by atoms with van der Waals surface area (Å²) in [6.07, 6.45) is 0.436. The van der Waals surface area contributed by atoms with Crippen molar-refractivity contribution in [2.75, 3.05) is 59.1 Å². The second-order valence-corrected chi connectivity index (χ2v) is 7.17. The van der Waals surface area contributed by atoms with Crippen LogP contribution in [0.4, 0.5) is 0 Å². The summed E-state index contributed by atoms with van der Waals surface area (Å²) in [6.45, 7) is 4.75. The van der Waals surface area contributed by atoms with Gasteiger partial charge in [-0.05, 0) is 24.3 Å². The van der Waals surface area contributed by atoms with Crippen molar-refractivity contribution >= 4 is 23.5 Å². The van der Waals surface area contributed by atoms with Gasteiger partial charge in [0.05, 0.1) is 13.2 Å². The van der Waals surface area contributed by atoms with Crippen LogP contribution < -0.4 is 4.74 Å². The Morgan fingerprint density at radius 2 is 1.37 bits per heavy atom. The van der Waals surface area contributed by atoms with Crippen LogP contribution in [0.5, 0.6) is 5.75 Å². The Kier molecular flexibility index (Phi) is 7.40. The average Bonchev–Trinajstić information content (AvgIpc) is 2.82. The fourth-order valence-electron chi connectivity index (χ4n) is 3.37. The van der Waals surface area contributed by atoms with Crippen LogP contribution in [-0.2, 0) is 19.1 Å². The molecule has 3 amide bonds. The highest BCUT2D eigenvalue weighted by molar-refractivity contribution is 6.34. The average molecular weight is 417 g/mol. The van der Waals surface area contributed by atoms with Gasteiger partial charge < -0.3 is 24.2 Å². The molecule has 0 N–H and O–H groups in total. The largest absolute Gasteiger partial charge is 0.484 e. The summed E-state index contributed by atoms with van der Waals surface area (Å²) < 4.78 is 10.7.